The summed E-state index contributed by atoms with van der Waals surface area (Å²) in [7, 11) is 0. The van der Waals surface area contributed by atoms with Gasteiger partial charge < -0.3 is 10.1 Å². The quantitative estimate of drug-likeness (QED) is 0.640. The summed E-state index contributed by atoms with van der Waals surface area (Å²) in [5, 5.41) is 2.60. The van der Waals surface area contributed by atoms with Crippen molar-refractivity contribution in [3.63, 3.8) is 0 Å². The summed E-state index contributed by atoms with van der Waals surface area (Å²) in [4.78, 5) is 33.5. The molecule has 0 atom stereocenters. The Kier molecular flexibility index (Phi) is 6.21. The number of esters is 1. The summed E-state index contributed by atoms with van der Waals surface area (Å²) in [5.41, 5.74) is 0.893. The molecule has 6 heteroatoms. The monoisotopic (exact) mass is 327 g/mol. The molecule has 0 saturated carbocycles. The van der Waals surface area contributed by atoms with Crippen molar-refractivity contribution in [2.75, 3.05) is 13.2 Å². The number of benzene rings is 1. The number of hydrogen-bond donors (Lipinski definition) is 1. The minimum atomic E-state index is -0.347. The van der Waals surface area contributed by atoms with Crippen LogP contribution in [0.4, 0.5) is 0 Å². The lowest BCUT2D eigenvalue weighted by Gasteiger charge is -2.06. The molecule has 0 radical (unpaired) electrons. The van der Waals surface area contributed by atoms with Crippen molar-refractivity contribution in [1.82, 2.24) is 5.32 Å². The van der Waals surface area contributed by atoms with Crippen molar-refractivity contribution in [1.29, 1.82) is 0 Å². The molecule has 5 nitrogen and oxygen atoms in total. The van der Waals surface area contributed by atoms with Crippen molar-refractivity contribution in [2.24, 2.45) is 0 Å². The molecule has 1 rings (SSSR count). The van der Waals surface area contributed by atoms with Crippen molar-refractivity contribution in [3.8, 4) is 0 Å². The second-order valence-corrected chi connectivity index (χ2v) is 4.52. The number of amides is 1. The highest BCUT2D eigenvalue weighted by Gasteiger charge is 2.09. The van der Waals surface area contributed by atoms with E-state index in [9.17, 15) is 14.4 Å². The standard InChI is InChI=1S/C13H14BrNO4/c1-2-19-12(17)5-6-15-13(18)9-3-4-10(8-16)11(14)7-9/h3-4,7-8H,2,5-6H2,1H3,(H,15,18). The maximum atomic E-state index is 11.8. The summed E-state index contributed by atoms with van der Waals surface area (Å²) >= 11 is 3.20. The van der Waals surface area contributed by atoms with Crippen LogP contribution in [0.2, 0.25) is 0 Å². The largest absolute Gasteiger partial charge is 0.466 e. The summed E-state index contributed by atoms with van der Waals surface area (Å²) in [5.74, 6) is -0.650. The van der Waals surface area contributed by atoms with Crippen LogP contribution in [0, 0.1) is 0 Å². The van der Waals surface area contributed by atoms with Gasteiger partial charge in [0, 0.05) is 22.1 Å². The van der Waals surface area contributed by atoms with E-state index in [-0.39, 0.29) is 24.8 Å². The van der Waals surface area contributed by atoms with Crippen LogP contribution in [0.25, 0.3) is 0 Å². The van der Waals surface area contributed by atoms with Crippen LogP contribution < -0.4 is 5.32 Å². The lowest BCUT2D eigenvalue weighted by molar-refractivity contribution is -0.142. The van der Waals surface area contributed by atoms with Crippen LogP contribution in [-0.2, 0) is 9.53 Å². The van der Waals surface area contributed by atoms with E-state index >= 15 is 0 Å². The first kappa shape index (κ1) is 15.4. The molecule has 0 fully saturated rings. The minimum absolute atomic E-state index is 0.132. The third-order valence-electron chi connectivity index (χ3n) is 2.31. The first-order chi connectivity index (χ1) is 9.08. The van der Waals surface area contributed by atoms with Crippen molar-refractivity contribution in [3.05, 3.63) is 33.8 Å². The van der Waals surface area contributed by atoms with E-state index in [0.717, 1.165) is 0 Å². The first-order valence-electron chi connectivity index (χ1n) is 5.77. The fourth-order valence-corrected chi connectivity index (χ4v) is 1.85. The van der Waals surface area contributed by atoms with Gasteiger partial charge >= 0.3 is 5.97 Å². The zero-order valence-electron chi connectivity index (χ0n) is 10.4. The Morgan fingerprint density at radius 1 is 1.42 bits per heavy atom. The van der Waals surface area contributed by atoms with E-state index in [4.69, 9.17) is 4.74 Å². The molecule has 1 aromatic rings. The van der Waals surface area contributed by atoms with Crippen LogP contribution in [0.3, 0.4) is 0 Å². The molecule has 102 valence electrons. The van der Waals surface area contributed by atoms with Gasteiger partial charge in [-0.25, -0.2) is 0 Å². The molecule has 0 aliphatic heterocycles. The van der Waals surface area contributed by atoms with Crippen molar-refractivity contribution >= 4 is 34.1 Å². The molecule has 0 aliphatic rings. The van der Waals surface area contributed by atoms with Gasteiger partial charge in [-0.2, -0.15) is 0 Å². The highest BCUT2D eigenvalue weighted by atomic mass is 79.9. The smallest absolute Gasteiger partial charge is 0.307 e. The lowest BCUT2D eigenvalue weighted by atomic mass is 10.1. The first-order valence-corrected chi connectivity index (χ1v) is 6.56. The minimum Gasteiger partial charge on any atom is -0.466 e. The topological polar surface area (TPSA) is 72.5 Å². The van der Waals surface area contributed by atoms with Gasteiger partial charge in [0.1, 0.15) is 0 Å². The van der Waals surface area contributed by atoms with Gasteiger partial charge in [-0.15, -0.1) is 0 Å². The van der Waals surface area contributed by atoms with Gasteiger partial charge in [0.15, 0.2) is 6.29 Å². The molecule has 0 heterocycles. The van der Waals surface area contributed by atoms with E-state index < -0.39 is 0 Å². The van der Waals surface area contributed by atoms with Crippen LogP contribution >= 0.6 is 15.9 Å². The van der Waals surface area contributed by atoms with E-state index in [1.54, 1.807) is 25.1 Å². The third-order valence-corrected chi connectivity index (χ3v) is 3.00. The number of nitrogens with one attached hydrogen (secondary N) is 1. The number of rotatable bonds is 6. The Bertz CT molecular complexity index is 488. The fourth-order valence-electron chi connectivity index (χ4n) is 1.38. The van der Waals surface area contributed by atoms with Gasteiger partial charge in [0.25, 0.3) is 5.91 Å². The molecule has 1 aromatic carbocycles. The van der Waals surface area contributed by atoms with Gasteiger partial charge in [-0.1, -0.05) is 15.9 Å². The van der Waals surface area contributed by atoms with Gasteiger partial charge in [0.2, 0.25) is 0 Å². The number of ether oxygens (including phenoxy) is 1. The molecule has 0 saturated heterocycles. The molecular weight excluding hydrogens is 314 g/mol. The molecule has 0 bridgehead atoms. The summed E-state index contributed by atoms with van der Waals surface area (Å²) < 4.78 is 5.30. The van der Waals surface area contributed by atoms with Crippen molar-refractivity contribution < 1.29 is 19.1 Å². The number of halogens is 1. The Morgan fingerprint density at radius 3 is 2.74 bits per heavy atom. The SMILES string of the molecule is CCOC(=O)CCNC(=O)c1ccc(C=O)c(Br)c1. The van der Waals surface area contributed by atoms with Gasteiger partial charge in [-0.3, -0.25) is 14.4 Å². The van der Waals surface area contributed by atoms with Crippen LogP contribution in [-0.4, -0.2) is 31.3 Å². The summed E-state index contributed by atoms with van der Waals surface area (Å²) in [6.07, 6.45) is 0.833. The molecule has 1 N–H and O–H groups in total. The maximum absolute atomic E-state index is 11.8. The van der Waals surface area contributed by atoms with Gasteiger partial charge in [-0.05, 0) is 25.1 Å². The van der Waals surface area contributed by atoms with E-state index in [1.165, 1.54) is 0 Å². The molecule has 0 aliphatic carbocycles. The molecule has 19 heavy (non-hydrogen) atoms. The van der Waals surface area contributed by atoms with Crippen LogP contribution in [0.5, 0.6) is 0 Å². The van der Waals surface area contributed by atoms with Crippen LogP contribution in [0.1, 0.15) is 34.1 Å². The van der Waals surface area contributed by atoms with Crippen LogP contribution in [0.15, 0.2) is 22.7 Å². The molecule has 0 spiro atoms. The predicted octanol–water partition coefficient (Wildman–Crippen LogP) is 1.94. The number of carbonyl (C=O) groups is 3. The summed E-state index contributed by atoms with van der Waals surface area (Å²) in [6.45, 7) is 2.26. The van der Waals surface area contributed by atoms with Crippen molar-refractivity contribution in [2.45, 2.75) is 13.3 Å². The Morgan fingerprint density at radius 2 is 2.16 bits per heavy atom. The Hall–Kier alpha value is -1.69. The molecule has 0 aromatic heterocycles. The number of carbonyl (C=O) groups excluding carboxylic acids is 3. The average molecular weight is 328 g/mol. The van der Waals surface area contributed by atoms with E-state index in [2.05, 4.69) is 21.2 Å². The normalized spacial score (nSPS) is 9.79. The Labute approximate surface area is 119 Å². The molecule has 1 amide bonds. The molecule has 0 unspecified atom stereocenters. The maximum Gasteiger partial charge on any atom is 0.307 e. The zero-order chi connectivity index (χ0) is 14.3. The lowest BCUT2D eigenvalue weighted by Crippen LogP contribution is -2.26. The predicted molar refractivity (Wildman–Crippen MR) is 73.1 cm³/mol. The van der Waals surface area contributed by atoms with E-state index in [0.29, 0.717) is 28.5 Å². The second-order valence-electron chi connectivity index (χ2n) is 3.67. The second kappa shape index (κ2) is 7.68. The zero-order valence-corrected chi connectivity index (χ0v) is 12.0. The highest BCUT2D eigenvalue weighted by molar-refractivity contribution is 9.10. The molecular formula is C13H14BrNO4. The Balaban J connectivity index is 2.52. The fraction of sp³-hybridized carbons (Fsp3) is 0.308. The highest BCUT2D eigenvalue weighted by Crippen LogP contribution is 2.16. The van der Waals surface area contributed by atoms with Gasteiger partial charge in [0.05, 0.1) is 13.0 Å². The summed E-state index contributed by atoms with van der Waals surface area (Å²) in [6, 6.07) is 4.66. The van der Waals surface area contributed by atoms with E-state index in [1.807, 2.05) is 0 Å². The average Bonchev–Trinajstić information content (AvgIpc) is 2.38. The number of aldehydes is 1. The third kappa shape index (κ3) is 4.82. The number of hydrogen-bond acceptors (Lipinski definition) is 4.